The van der Waals surface area contributed by atoms with Crippen LogP contribution in [0.5, 0.6) is 5.75 Å². The summed E-state index contributed by atoms with van der Waals surface area (Å²) in [5.74, 6) is -0.662. The van der Waals surface area contributed by atoms with Gasteiger partial charge in [-0.2, -0.15) is 0 Å². The predicted molar refractivity (Wildman–Crippen MR) is 161 cm³/mol. The number of hydrogen-bond donors (Lipinski definition) is 1. The van der Waals surface area contributed by atoms with Crippen molar-refractivity contribution in [2.45, 2.75) is 90.6 Å². The van der Waals surface area contributed by atoms with Crippen molar-refractivity contribution in [1.82, 2.24) is 0 Å². The average Bonchev–Trinajstić information content (AvgIpc) is 2.94. The highest BCUT2D eigenvalue weighted by atomic mass is 16.5. The summed E-state index contributed by atoms with van der Waals surface area (Å²) in [7, 11) is 0. The number of ether oxygens (including phenoxy) is 2. The Bertz CT molecular complexity index is 939. The van der Waals surface area contributed by atoms with Crippen molar-refractivity contribution in [3.63, 3.8) is 0 Å². The number of benzene rings is 1. The van der Waals surface area contributed by atoms with Crippen molar-refractivity contribution < 1.29 is 24.2 Å². The number of phenolic OH excluding ortho intramolecular Hbond substituents is 1. The van der Waals surface area contributed by atoms with Crippen molar-refractivity contribution in [2.75, 3.05) is 13.2 Å². The lowest BCUT2D eigenvalue weighted by Gasteiger charge is -2.15. The van der Waals surface area contributed by atoms with Gasteiger partial charge in [-0.3, -0.25) is 4.79 Å². The minimum atomic E-state index is -0.587. The number of phenols is 1. The Balaban J connectivity index is 2.05. The van der Waals surface area contributed by atoms with Crippen LogP contribution in [0.1, 0.15) is 94.8 Å². The normalized spacial score (nSPS) is 13.0. The molecule has 1 N–H and O–H groups in total. The molecule has 39 heavy (non-hydrogen) atoms. The van der Waals surface area contributed by atoms with Crippen LogP contribution in [0.2, 0.25) is 0 Å². The summed E-state index contributed by atoms with van der Waals surface area (Å²) in [6.07, 6.45) is 30.9. The summed E-state index contributed by atoms with van der Waals surface area (Å²) in [5, 5.41) is 9.70. The fourth-order valence-electron chi connectivity index (χ4n) is 3.69. The number of Topliss-reactive ketones (excluding diaryl/α,β-unsaturated/α-hetero) is 1. The van der Waals surface area contributed by atoms with E-state index in [4.69, 9.17) is 9.47 Å². The fraction of sp³-hybridized carbons (Fsp3) is 0.471. The molecule has 0 heterocycles. The first-order valence-corrected chi connectivity index (χ1v) is 14.4. The summed E-state index contributed by atoms with van der Waals surface area (Å²) in [6.45, 7) is 4.78. The van der Waals surface area contributed by atoms with Crippen LogP contribution in [0.25, 0.3) is 0 Å². The maximum absolute atomic E-state index is 12.4. The van der Waals surface area contributed by atoms with Gasteiger partial charge in [0.2, 0.25) is 0 Å². The van der Waals surface area contributed by atoms with Crippen LogP contribution in [0, 0.1) is 0 Å². The molecule has 214 valence electrons. The molecule has 0 aliphatic carbocycles. The number of esters is 1. The first kappa shape index (κ1) is 33.8. The zero-order valence-electron chi connectivity index (χ0n) is 23.9. The second-order valence-electron chi connectivity index (χ2n) is 9.19. The van der Waals surface area contributed by atoms with Crippen molar-refractivity contribution >= 4 is 11.8 Å². The largest absolute Gasteiger partial charge is 0.507 e. The second kappa shape index (κ2) is 23.9. The third-order valence-electron chi connectivity index (χ3n) is 5.90. The molecular formula is C34H48O5. The molecule has 1 unspecified atom stereocenters. The van der Waals surface area contributed by atoms with Crippen molar-refractivity contribution in [2.24, 2.45) is 0 Å². The number of allylic oxidation sites excluding steroid dienone is 10. The van der Waals surface area contributed by atoms with Gasteiger partial charge in [0, 0.05) is 13.0 Å². The Morgan fingerprint density at radius 1 is 0.769 bits per heavy atom. The van der Waals surface area contributed by atoms with Crippen molar-refractivity contribution in [3.8, 4) is 5.75 Å². The molecule has 1 aromatic carbocycles. The zero-order chi connectivity index (χ0) is 28.4. The SMILES string of the molecule is CC/C=C\C/C=C\C/C=C\C/C=C\C/C=C\CCCCOC(CC)C(=O)CCCOC(=O)c1ccccc1O. The van der Waals surface area contributed by atoms with E-state index in [0.717, 1.165) is 51.4 Å². The summed E-state index contributed by atoms with van der Waals surface area (Å²) in [4.78, 5) is 24.4. The average molecular weight is 537 g/mol. The van der Waals surface area contributed by atoms with Gasteiger partial charge in [-0.1, -0.05) is 86.7 Å². The number of rotatable bonds is 22. The molecule has 0 fully saturated rings. The number of hydrogen-bond acceptors (Lipinski definition) is 5. The first-order chi connectivity index (χ1) is 19.1. The third kappa shape index (κ3) is 17.9. The van der Waals surface area contributed by atoms with Crippen LogP contribution >= 0.6 is 0 Å². The van der Waals surface area contributed by atoms with Gasteiger partial charge in [0.15, 0.2) is 5.78 Å². The standard InChI is InChI=1S/C34H48O5/c1-3-5-6-7-8-9-10-11-12-13-14-15-16-17-18-19-20-23-28-38-33(4-2)32(36)27-24-29-39-34(37)30-25-21-22-26-31(30)35/h5-6,8-9,11-12,14-15,17-18,21-22,25-26,33,35H,3-4,7,10,13,16,19-20,23-24,27-29H2,1-2H3/b6-5-,9-8-,12-11-,15-14-,18-17-. The Kier molecular flexibility index (Phi) is 20.7. The van der Waals surface area contributed by atoms with Crippen LogP contribution in [0.3, 0.4) is 0 Å². The highest BCUT2D eigenvalue weighted by molar-refractivity contribution is 5.92. The number of carbonyl (C=O) groups is 2. The van der Waals surface area contributed by atoms with Gasteiger partial charge >= 0.3 is 5.97 Å². The Hall–Kier alpha value is -3.18. The fourth-order valence-corrected chi connectivity index (χ4v) is 3.69. The molecule has 0 aromatic heterocycles. The lowest BCUT2D eigenvalue weighted by molar-refractivity contribution is -0.131. The van der Waals surface area contributed by atoms with E-state index in [9.17, 15) is 14.7 Å². The van der Waals surface area contributed by atoms with Crippen LogP contribution in [-0.2, 0) is 14.3 Å². The highest BCUT2D eigenvalue weighted by Gasteiger charge is 2.17. The smallest absolute Gasteiger partial charge is 0.341 e. The van der Waals surface area contributed by atoms with Crippen molar-refractivity contribution in [1.29, 1.82) is 0 Å². The van der Waals surface area contributed by atoms with Crippen LogP contribution in [-0.4, -0.2) is 36.2 Å². The van der Waals surface area contributed by atoms with Gasteiger partial charge < -0.3 is 14.6 Å². The predicted octanol–water partition coefficient (Wildman–Crippen LogP) is 8.62. The molecule has 0 spiro atoms. The molecule has 1 atom stereocenters. The van der Waals surface area contributed by atoms with E-state index >= 15 is 0 Å². The van der Waals surface area contributed by atoms with Gasteiger partial charge in [0.25, 0.3) is 0 Å². The van der Waals surface area contributed by atoms with E-state index in [2.05, 4.69) is 67.7 Å². The maximum atomic E-state index is 12.4. The molecule has 0 amide bonds. The van der Waals surface area contributed by atoms with Gasteiger partial charge in [-0.15, -0.1) is 0 Å². The number of carbonyl (C=O) groups excluding carboxylic acids is 2. The first-order valence-electron chi connectivity index (χ1n) is 14.4. The quantitative estimate of drug-likeness (QED) is 0.0912. The van der Waals surface area contributed by atoms with E-state index in [1.54, 1.807) is 12.1 Å². The molecule has 0 saturated heterocycles. The molecule has 0 aliphatic rings. The summed E-state index contributed by atoms with van der Waals surface area (Å²) in [5.41, 5.74) is 0.128. The number of aromatic hydroxyl groups is 1. The second-order valence-corrected chi connectivity index (χ2v) is 9.19. The van der Waals surface area contributed by atoms with Gasteiger partial charge in [-0.05, 0) is 76.3 Å². The summed E-state index contributed by atoms with van der Waals surface area (Å²) < 4.78 is 11.0. The third-order valence-corrected chi connectivity index (χ3v) is 5.90. The monoisotopic (exact) mass is 536 g/mol. The molecule has 1 aromatic rings. The molecule has 0 saturated carbocycles. The topological polar surface area (TPSA) is 72.8 Å². The van der Waals surface area contributed by atoms with E-state index in [0.29, 0.717) is 25.9 Å². The Labute approximate surface area is 236 Å². The van der Waals surface area contributed by atoms with Crippen LogP contribution in [0.4, 0.5) is 0 Å². The zero-order valence-corrected chi connectivity index (χ0v) is 23.9. The molecule has 1 rings (SSSR count). The number of ketones is 1. The lowest BCUT2D eigenvalue weighted by atomic mass is 10.1. The number of para-hydroxylation sites is 1. The Morgan fingerprint density at radius 3 is 1.95 bits per heavy atom. The summed E-state index contributed by atoms with van der Waals surface area (Å²) in [6, 6.07) is 6.24. The molecule has 5 nitrogen and oxygen atoms in total. The van der Waals surface area contributed by atoms with Gasteiger partial charge in [-0.25, -0.2) is 4.79 Å². The van der Waals surface area contributed by atoms with E-state index in [1.165, 1.54) is 12.1 Å². The van der Waals surface area contributed by atoms with Gasteiger partial charge in [0.05, 0.1) is 6.61 Å². The Morgan fingerprint density at radius 2 is 1.36 bits per heavy atom. The molecule has 0 aliphatic heterocycles. The van der Waals surface area contributed by atoms with Crippen molar-refractivity contribution in [3.05, 3.63) is 90.6 Å². The van der Waals surface area contributed by atoms with E-state index in [1.807, 2.05) is 6.92 Å². The molecule has 0 radical (unpaired) electrons. The molecule has 5 heteroatoms. The summed E-state index contributed by atoms with van der Waals surface area (Å²) >= 11 is 0. The van der Waals surface area contributed by atoms with Crippen LogP contribution in [0.15, 0.2) is 85.0 Å². The lowest BCUT2D eigenvalue weighted by Crippen LogP contribution is -2.24. The minimum Gasteiger partial charge on any atom is -0.507 e. The minimum absolute atomic E-state index is 0.0361. The highest BCUT2D eigenvalue weighted by Crippen LogP contribution is 2.17. The number of unbranched alkanes of at least 4 members (excludes halogenated alkanes) is 2. The molecular weight excluding hydrogens is 488 g/mol. The molecule has 0 bridgehead atoms. The van der Waals surface area contributed by atoms with Crippen LogP contribution < -0.4 is 0 Å². The van der Waals surface area contributed by atoms with E-state index < -0.39 is 12.1 Å². The van der Waals surface area contributed by atoms with E-state index in [-0.39, 0.29) is 23.7 Å². The van der Waals surface area contributed by atoms with Gasteiger partial charge in [0.1, 0.15) is 17.4 Å². The maximum Gasteiger partial charge on any atom is 0.341 e.